The van der Waals surface area contributed by atoms with Gasteiger partial charge >= 0.3 is 0 Å². The lowest BCUT2D eigenvalue weighted by atomic mass is 9.96. The minimum atomic E-state index is -3.11. The van der Waals surface area contributed by atoms with Gasteiger partial charge in [-0.05, 0) is 43.9 Å². The number of rotatable bonds is 9. The molecule has 0 atom stereocenters. The molecule has 0 saturated heterocycles. The largest absolute Gasteiger partial charge is 0.356 e. The topological polar surface area (TPSA) is 73.8 Å². The van der Waals surface area contributed by atoms with Gasteiger partial charge < -0.3 is 10.6 Å². The van der Waals surface area contributed by atoms with E-state index in [4.69, 9.17) is 11.6 Å². The monoisotopic (exact) mass is 400 g/mol. The van der Waals surface area contributed by atoms with Gasteiger partial charge in [0.1, 0.15) is 0 Å². The van der Waals surface area contributed by atoms with Crippen LogP contribution in [0.5, 0.6) is 0 Å². The molecule has 26 heavy (non-hydrogen) atoms. The van der Waals surface area contributed by atoms with E-state index in [9.17, 15) is 8.42 Å². The average Bonchev–Trinajstić information content (AvgIpc) is 3.42. The molecule has 1 aliphatic carbocycles. The minimum Gasteiger partial charge on any atom is -0.356 e. The van der Waals surface area contributed by atoms with Gasteiger partial charge in [-0.15, -0.1) is 0 Å². The normalized spacial score (nSPS) is 16.6. The molecule has 0 aliphatic heterocycles. The van der Waals surface area contributed by atoms with Crippen LogP contribution in [0.4, 0.5) is 0 Å². The zero-order valence-electron chi connectivity index (χ0n) is 15.8. The van der Waals surface area contributed by atoms with Crippen molar-refractivity contribution in [2.24, 2.45) is 4.99 Å². The summed E-state index contributed by atoms with van der Waals surface area (Å²) < 4.78 is 24.9. The van der Waals surface area contributed by atoms with Gasteiger partial charge in [0.25, 0.3) is 0 Å². The van der Waals surface area contributed by atoms with Crippen LogP contribution >= 0.6 is 11.6 Å². The van der Waals surface area contributed by atoms with E-state index in [1.807, 2.05) is 18.2 Å². The highest BCUT2D eigenvalue weighted by molar-refractivity contribution is 7.89. The number of guanidine groups is 1. The van der Waals surface area contributed by atoms with E-state index in [0.29, 0.717) is 13.1 Å². The van der Waals surface area contributed by atoms with Gasteiger partial charge in [-0.1, -0.05) is 23.7 Å². The fourth-order valence-electron chi connectivity index (χ4n) is 2.88. The second-order valence-electron chi connectivity index (χ2n) is 6.72. The summed E-state index contributed by atoms with van der Waals surface area (Å²) in [6.07, 6.45) is 2.99. The Hall–Kier alpha value is -1.31. The highest BCUT2D eigenvalue weighted by Crippen LogP contribution is 2.48. The summed E-state index contributed by atoms with van der Waals surface area (Å²) in [5, 5.41) is 7.40. The van der Waals surface area contributed by atoms with Crippen LogP contribution in [0.15, 0.2) is 29.3 Å². The third kappa shape index (κ3) is 5.59. The SMILES string of the molecule is CCS(=O)(=O)N(C)CCCNC(=NC)NCC1(c2cccc(Cl)c2)CC1. The molecule has 0 heterocycles. The molecule has 2 N–H and O–H groups in total. The number of aliphatic imine (C=N–C) groups is 1. The predicted octanol–water partition coefficient (Wildman–Crippen LogP) is 2.21. The van der Waals surface area contributed by atoms with Crippen molar-refractivity contribution in [3.8, 4) is 0 Å². The second kappa shape index (κ2) is 9.06. The fourth-order valence-corrected chi connectivity index (χ4v) is 3.92. The molecule has 0 radical (unpaired) electrons. The van der Waals surface area contributed by atoms with E-state index in [1.165, 1.54) is 9.87 Å². The molecule has 0 unspecified atom stereocenters. The number of nitrogens with one attached hydrogen (secondary N) is 2. The third-order valence-electron chi connectivity index (χ3n) is 4.89. The fraction of sp³-hybridized carbons (Fsp3) is 0.611. The lowest BCUT2D eigenvalue weighted by Crippen LogP contribution is -2.42. The molecule has 6 nitrogen and oxygen atoms in total. The zero-order valence-corrected chi connectivity index (χ0v) is 17.3. The number of nitrogens with zero attached hydrogens (tertiary/aromatic N) is 2. The molecule has 1 aliphatic rings. The van der Waals surface area contributed by atoms with Crippen LogP contribution in [0, 0.1) is 0 Å². The second-order valence-corrected chi connectivity index (χ2v) is 9.52. The van der Waals surface area contributed by atoms with Crippen LogP contribution < -0.4 is 10.6 Å². The van der Waals surface area contributed by atoms with Crippen molar-refractivity contribution < 1.29 is 8.42 Å². The molecule has 1 saturated carbocycles. The zero-order chi connectivity index (χ0) is 19.2. The molecular weight excluding hydrogens is 372 g/mol. The third-order valence-corrected chi connectivity index (χ3v) is 6.99. The van der Waals surface area contributed by atoms with E-state index >= 15 is 0 Å². The van der Waals surface area contributed by atoms with E-state index in [1.54, 1.807) is 21.0 Å². The minimum absolute atomic E-state index is 0.131. The number of hydrogen-bond donors (Lipinski definition) is 2. The van der Waals surface area contributed by atoms with E-state index < -0.39 is 10.0 Å². The Morgan fingerprint density at radius 2 is 2.08 bits per heavy atom. The number of benzene rings is 1. The van der Waals surface area contributed by atoms with Gasteiger partial charge in [0.15, 0.2) is 5.96 Å². The summed E-state index contributed by atoms with van der Waals surface area (Å²) in [6, 6.07) is 8.05. The first-order chi connectivity index (χ1) is 12.3. The van der Waals surface area contributed by atoms with Crippen LogP contribution in [0.25, 0.3) is 0 Å². The first kappa shape index (κ1) is 21.0. The van der Waals surface area contributed by atoms with Crippen LogP contribution in [-0.2, 0) is 15.4 Å². The van der Waals surface area contributed by atoms with Gasteiger partial charge in [-0.2, -0.15) is 0 Å². The van der Waals surface area contributed by atoms with Crippen molar-refractivity contribution in [3.63, 3.8) is 0 Å². The summed E-state index contributed by atoms with van der Waals surface area (Å²) in [4.78, 5) is 4.25. The Morgan fingerprint density at radius 1 is 1.35 bits per heavy atom. The maximum absolute atomic E-state index is 11.7. The van der Waals surface area contributed by atoms with Crippen molar-refractivity contribution in [1.29, 1.82) is 0 Å². The van der Waals surface area contributed by atoms with Crippen molar-refractivity contribution in [2.45, 2.75) is 31.6 Å². The maximum Gasteiger partial charge on any atom is 0.213 e. The molecule has 8 heteroatoms. The number of hydrogen-bond acceptors (Lipinski definition) is 3. The Kier molecular flexibility index (Phi) is 7.32. The molecule has 0 spiro atoms. The summed E-state index contributed by atoms with van der Waals surface area (Å²) in [7, 11) is 0.246. The highest BCUT2D eigenvalue weighted by atomic mass is 35.5. The molecule has 0 amide bonds. The van der Waals surface area contributed by atoms with Gasteiger partial charge in [0.2, 0.25) is 10.0 Å². The Balaban J connectivity index is 1.77. The van der Waals surface area contributed by atoms with Crippen LogP contribution in [0.3, 0.4) is 0 Å². The standard InChI is InChI=1S/C18H29ClN4O2S/c1-4-26(24,25)23(3)12-6-11-21-17(20-2)22-14-18(9-10-18)15-7-5-8-16(19)13-15/h5,7-8,13H,4,6,9-12,14H2,1-3H3,(H2,20,21,22). The van der Waals surface area contributed by atoms with Crippen molar-refractivity contribution >= 4 is 27.6 Å². The van der Waals surface area contributed by atoms with Crippen LogP contribution in [0.1, 0.15) is 31.7 Å². The van der Waals surface area contributed by atoms with Crippen LogP contribution in [0.2, 0.25) is 5.02 Å². The molecule has 0 bridgehead atoms. The molecule has 1 fully saturated rings. The Morgan fingerprint density at radius 3 is 2.65 bits per heavy atom. The first-order valence-electron chi connectivity index (χ1n) is 8.97. The Bertz CT molecular complexity index is 732. The summed E-state index contributed by atoms with van der Waals surface area (Å²) in [5.74, 6) is 0.866. The molecule has 0 aromatic heterocycles. The van der Waals surface area contributed by atoms with Gasteiger partial charge in [-0.3, -0.25) is 4.99 Å². The van der Waals surface area contributed by atoms with Gasteiger partial charge in [-0.25, -0.2) is 12.7 Å². The molecule has 146 valence electrons. The highest BCUT2D eigenvalue weighted by Gasteiger charge is 2.44. The van der Waals surface area contributed by atoms with Crippen molar-refractivity contribution in [3.05, 3.63) is 34.9 Å². The van der Waals surface area contributed by atoms with E-state index in [-0.39, 0.29) is 11.2 Å². The van der Waals surface area contributed by atoms with E-state index in [2.05, 4.69) is 21.7 Å². The molecule has 1 aromatic rings. The Labute approximate surface area is 162 Å². The van der Waals surface area contributed by atoms with Crippen molar-refractivity contribution in [2.75, 3.05) is 39.5 Å². The predicted molar refractivity (Wildman–Crippen MR) is 108 cm³/mol. The smallest absolute Gasteiger partial charge is 0.213 e. The van der Waals surface area contributed by atoms with Gasteiger partial charge in [0, 0.05) is 44.2 Å². The lowest BCUT2D eigenvalue weighted by Gasteiger charge is -2.20. The summed E-state index contributed by atoms with van der Waals surface area (Å²) in [6.45, 7) is 3.61. The van der Waals surface area contributed by atoms with Crippen LogP contribution in [-0.4, -0.2) is 58.2 Å². The molecular formula is C18H29ClN4O2S. The molecule has 1 aromatic carbocycles. The maximum atomic E-state index is 11.7. The number of sulfonamides is 1. The average molecular weight is 401 g/mol. The lowest BCUT2D eigenvalue weighted by molar-refractivity contribution is 0.461. The summed E-state index contributed by atoms with van der Waals surface area (Å²) in [5.41, 5.74) is 1.40. The molecule has 2 rings (SSSR count). The summed E-state index contributed by atoms with van der Waals surface area (Å²) >= 11 is 6.12. The first-order valence-corrected chi connectivity index (χ1v) is 11.0. The van der Waals surface area contributed by atoms with Gasteiger partial charge in [0.05, 0.1) is 5.75 Å². The number of halogens is 1. The van der Waals surface area contributed by atoms with Crippen molar-refractivity contribution in [1.82, 2.24) is 14.9 Å². The van der Waals surface area contributed by atoms with E-state index in [0.717, 1.165) is 36.8 Å². The quantitative estimate of drug-likeness (QED) is 0.378.